The number of benzene rings is 1. The maximum Gasteiger partial charge on any atom is 0.0886 e. The fourth-order valence-electron chi connectivity index (χ4n) is 0.910. The molecule has 0 radical (unpaired) electrons. The Labute approximate surface area is 68.3 Å². The molecule has 1 aromatic heterocycles. The van der Waals surface area contributed by atoms with Crippen LogP contribution < -0.4 is 0 Å². The van der Waals surface area contributed by atoms with E-state index in [2.05, 4.69) is 9.97 Å². The van der Waals surface area contributed by atoms with Gasteiger partial charge in [0.25, 0.3) is 0 Å². The third-order valence-electron chi connectivity index (χ3n) is 1.38. The van der Waals surface area contributed by atoms with E-state index in [1.807, 2.05) is 24.3 Å². The van der Waals surface area contributed by atoms with Gasteiger partial charge in [-0.05, 0) is 12.1 Å². The summed E-state index contributed by atoms with van der Waals surface area (Å²) in [6, 6.07) is 7.80. The van der Waals surface area contributed by atoms with Gasteiger partial charge < -0.3 is 0 Å². The third-order valence-corrected chi connectivity index (χ3v) is 1.38. The van der Waals surface area contributed by atoms with Gasteiger partial charge in [0, 0.05) is 12.4 Å². The van der Waals surface area contributed by atoms with Gasteiger partial charge in [0.1, 0.15) is 0 Å². The second-order valence-electron chi connectivity index (χ2n) is 2.05. The highest BCUT2D eigenvalue weighted by Gasteiger charge is 1.88. The van der Waals surface area contributed by atoms with Crippen molar-refractivity contribution in [3.8, 4) is 0 Å². The minimum atomic E-state index is 0. The highest BCUT2D eigenvalue weighted by Crippen LogP contribution is 2.04. The van der Waals surface area contributed by atoms with Crippen molar-refractivity contribution < 1.29 is 0 Å². The van der Waals surface area contributed by atoms with Crippen molar-refractivity contribution in [2.75, 3.05) is 0 Å². The summed E-state index contributed by atoms with van der Waals surface area (Å²) in [6.07, 6.45) is 3.39. The molecule has 0 saturated carbocycles. The molecule has 1 atom stereocenters. The molecule has 2 nitrogen and oxygen atoms in total. The van der Waals surface area contributed by atoms with E-state index in [0.717, 1.165) is 11.0 Å². The zero-order valence-electron chi connectivity index (χ0n) is 6.07. The molecular weight excluding hydrogens is 155 g/mol. The second kappa shape index (κ2) is 3.40. The smallest absolute Gasteiger partial charge is 0.0886 e. The number of fused-ring (bicyclic) bond motifs is 1. The van der Waals surface area contributed by atoms with Crippen molar-refractivity contribution in [2.24, 2.45) is 0 Å². The van der Waals surface area contributed by atoms with Crippen LogP contribution in [0.25, 0.3) is 11.0 Å². The van der Waals surface area contributed by atoms with Crippen molar-refractivity contribution >= 4 is 20.9 Å². The first-order valence-corrected chi connectivity index (χ1v) is 3.12. The fraction of sp³-hybridized carbons (Fsp3) is 0. The maximum absolute atomic E-state index is 4.12. The Morgan fingerprint density at radius 2 is 1.27 bits per heavy atom. The van der Waals surface area contributed by atoms with Gasteiger partial charge >= 0.3 is 0 Å². The molecule has 1 heterocycles. The standard InChI is InChI=1S/C8H6N2.H3P/c1-2-4-8-7(3-1)9-5-6-10-8;/h1-6H;1H3. The van der Waals surface area contributed by atoms with Crippen LogP contribution in [0.4, 0.5) is 0 Å². The summed E-state index contributed by atoms with van der Waals surface area (Å²) in [5.41, 5.74) is 1.90. The number of para-hydroxylation sites is 2. The maximum atomic E-state index is 4.12. The van der Waals surface area contributed by atoms with Gasteiger partial charge in [-0.3, -0.25) is 9.97 Å². The molecule has 0 amide bonds. The first-order valence-electron chi connectivity index (χ1n) is 3.12. The minimum Gasteiger partial charge on any atom is -0.253 e. The van der Waals surface area contributed by atoms with Crippen LogP contribution in [0.1, 0.15) is 0 Å². The molecular formula is C8H9N2P. The second-order valence-corrected chi connectivity index (χ2v) is 2.05. The van der Waals surface area contributed by atoms with E-state index in [1.54, 1.807) is 12.4 Å². The van der Waals surface area contributed by atoms with E-state index >= 15 is 0 Å². The topological polar surface area (TPSA) is 25.8 Å². The van der Waals surface area contributed by atoms with Crippen molar-refractivity contribution in [1.82, 2.24) is 9.97 Å². The van der Waals surface area contributed by atoms with Gasteiger partial charge in [0.05, 0.1) is 11.0 Å². The molecule has 1 aromatic carbocycles. The molecule has 56 valence electrons. The first-order chi connectivity index (χ1) is 4.97. The molecule has 11 heavy (non-hydrogen) atoms. The molecule has 0 aliphatic rings. The average Bonchev–Trinajstić information content (AvgIpc) is 2.05. The normalized spacial score (nSPS) is 9.09. The number of nitrogens with zero attached hydrogens (tertiary/aromatic N) is 2. The van der Waals surface area contributed by atoms with Crippen LogP contribution in [0.5, 0.6) is 0 Å². The molecule has 0 aliphatic carbocycles. The summed E-state index contributed by atoms with van der Waals surface area (Å²) >= 11 is 0. The van der Waals surface area contributed by atoms with Gasteiger partial charge in [0.2, 0.25) is 0 Å². The number of hydrogen-bond acceptors (Lipinski definition) is 2. The molecule has 0 spiro atoms. The number of rotatable bonds is 0. The first kappa shape index (κ1) is 8.09. The van der Waals surface area contributed by atoms with E-state index in [4.69, 9.17) is 0 Å². The highest BCUT2D eigenvalue weighted by molar-refractivity contribution is 6.92. The van der Waals surface area contributed by atoms with E-state index in [0.29, 0.717) is 0 Å². The summed E-state index contributed by atoms with van der Waals surface area (Å²) in [6.45, 7) is 0. The lowest BCUT2D eigenvalue weighted by Crippen LogP contribution is -1.78. The molecule has 0 fully saturated rings. The minimum absolute atomic E-state index is 0. The zero-order chi connectivity index (χ0) is 6.81. The largest absolute Gasteiger partial charge is 0.253 e. The summed E-state index contributed by atoms with van der Waals surface area (Å²) in [7, 11) is 0. The van der Waals surface area contributed by atoms with Crippen molar-refractivity contribution in [2.45, 2.75) is 0 Å². The Kier molecular flexibility index (Phi) is 2.50. The van der Waals surface area contributed by atoms with Crippen LogP contribution in [-0.4, -0.2) is 9.97 Å². The monoisotopic (exact) mass is 164 g/mol. The number of aromatic nitrogens is 2. The van der Waals surface area contributed by atoms with E-state index in [9.17, 15) is 0 Å². The Bertz CT molecular complexity index is 283. The Balaban J connectivity index is 0.000000605. The van der Waals surface area contributed by atoms with Crippen molar-refractivity contribution in [3.05, 3.63) is 36.7 Å². The van der Waals surface area contributed by atoms with Crippen LogP contribution >= 0.6 is 9.90 Å². The summed E-state index contributed by atoms with van der Waals surface area (Å²) < 4.78 is 0. The lowest BCUT2D eigenvalue weighted by atomic mass is 10.3. The van der Waals surface area contributed by atoms with E-state index < -0.39 is 0 Å². The molecule has 0 N–H and O–H groups in total. The van der Waals surface area contributed by atoms with Crippen molar-refractivity contribution in [1.29, 1.82) is 0 Å². The van der Waals surface area contributed by atoms with Crippen LogP contribution in [0.3, 0.4) is 0 Å². The molecule has 3 heteroatoms. The fourth-order valence-corrected chi connectivity index (χ4v) is 0.910. The summed E-state index contributed by atoms with van der Waals surface area (Å²) in [5, 5.41) is 0. The Morgan fingerprint density at radius 1 is 0.818 bits per heavy atom. The van der Waals surface area contributed by atoms with Gasteiger partial charge in [-0.2, -0.15) is 9.90 Å². The predicted octanol–water partition coefficient (Wildman–Crippen LogP) is 1.69. The highest BCUT2D eigenvalue weighted by atomic mass is 31.0. The van der Waals surface area contributed by atoms with Crippen molar-refractivity contribution in [3.63, 3.8) is 0 Å². The van der Waals surface area contributed by atoms with Gasteiger partial charge in [-0.15, -0.1) is 0 Å². The lowest BCUT2D eigenvalue weighted by Gasteiger charge is -1.90. The SMILES string of the molecule is P.c1ccc2nccnc2c1. The third kappa shape index (κ3) is 1.52. The van der Waals surface area contributed by atoms with Crippen LogP contribution in [0.15, 0.2) is 36.7 Å². The molecule has 0 aliphatic heterocycles. The van der Waals surface area contributed by atoms with E-state index in [1.165, 1.54) is 0 Å². The van der Waals surface area contributed by atoms with E-state index in [-0.39, 0.29) is 9.90 Å². The summed E-state index contributed by atoms with van der Waals surface area (Å²) in [5.74, 6) is 0. The molecule has 2 rings (SSSR count). The Hall–Kier alpha value is -1.01. The van der Waals surface area contributed by atoms with Gasteiger partial charge in [-0.25, -0.2) is 0 Å². The van der Waals surface area contributed by atoms with Gasteiger partial charge in [-0.1, -0.05) is 12.1 Å². The average molecular weight is 164 g/mol. The molecule has 0 saturated heterocycles. The van der Waals surface area contributed by atoms with Gasteiger partial charge in [0.15, 0.2) is 0 Å². The van der Waals surface area contributed by atoms with Crippen LogP contribution in [-0.2, 0) is 0 Å². The van der Waals surface area contributed by atoms with Crippen LogP contribution in [0.2, 0.25) is 0 Å². The molecule has 1 unspecified atom stereocenters. The zero-order valence-corrected chi connectivity index (χ0v) is 7.48. The lowest BCUT2D eigenvalue weighted by molar-refractivity contribution is 1.29. The number of hydrogen-bond donors (Lipinski definition) is 0. The predicted molar refractivity (Wildman–Crippen MR) is 50.6 cm³/mol. The van der Waals surface area contributed by atoms with Crippen LogP contribution in [0, 0.1) is 0 Å². The summed E-state index contributed by atoms with van der Waals surface area (Å²) in [4.78, 5) is 8.24. The molecule has 0 bridgehead atoms. The Morgan fingerprint density at radius 3 is 1.73 bits per heavy atom. The quantitative estimate of drug-likeness (QED) is 0.553. The molecule has 2 aromatic rings.